The summed E-state index contributed by atoms with van der Waals surface area (Å²) in [4.78, 5) is 17.7. The molecule has 1 aromatic carbocycles. The molecule has 1 aliphatic heterocycles. The number of carbonyl (C=O) groups is 1. The van der Waals surface area contributed by atoms with Crippen LogP contribution in [0.3, 0.4) is 0 Å². The number of hydrogen-bond acceptors (Lipinski definition) is 3. The molecule has 1 aliphatic rings. The van der Waals surface area contributed by atoms with Gasteiger partial charge < -0.3 is 5.11 Å². The largest absolute Gasteiger partial charge is 0.481 e. The molecule has 0 spiro atoms. The van der Waals surface area contributed by atoms with Crippen molar-refractivity contribution in [2.75, 3.05) is 13.1 Å². The molecule has 0 radical (unpaired) electrons. The minimum Gasteiger partial charge on any atom is -0.481 e. The first-order chi connectivity index (χ1) is 11.1. The second-order valence-electron chi connectivity index (χ2n) is 5.88. The van der Waals surface area contributed by atoms with Gasteiger partial charge in [0.1, 0.15) is 0 Å². The van der Waals surface area contributed by atoms with E-state index in [-0.39, 0.29) is 12.0 Å². The maximum absolute atomic E-state index is 11.2. The van der Waals surface area contributed by atoms with Gasteiger partial charge in [-0.05, 0) is 61.3 Å². The lowest BCUT2D eigenvalue weighted by molar-refractivity contribution is -0.143. The normalized spacial score (nSPS) is 17.8. The molecule has 1 unspecified atom stereocenters. The molecule has 0 saturated carbocycles. The van der Waals surface area contributed by atoms with Gasteiger partial charge in [-0.3, -0.25) is 14.7 Å². The van der Waals surface area contributed by atoms with Gasteiger partial charge >= 0.3 is 5.97 Å². The van der Waals surface area contributed by atoms with E-state index in [9.17, 15) is 9.90 Å². The lowest BCUT2D eigenvalue weighted by atomic mass is 9.92. The van der Waals surface area contributed by atoms with Gasteiger partial charge in [-0.25, -0.2) is 0 Å². The Morgan fingerprint density at radius 3 is 2.22 bits per heavy atom. The summed E-state index contributed by atoms with van der Waals surface area (Å²) in [6, 6.07) is 12.6. The first-order valence-electron chi connectivity index (χ1n) is 7.77. The number of benzene rings is 1. The number of carboxylic acids is 1. The number of nitrogens with zero attached hydrogens (tertiary/aromatic N) is 2. The van der Waals surface area contributed by atoms with Crippen molar-refractivity contribution in [3.05, 3.63) is 64.4 Å². The van der Waals surface area contributed by atoms with E-state index >= 15 is 0 Å². The van der Waals surface area contributed by atoms with Crippen LogP contribution in [0.15, 0.2) is 53.3 Å². The number of halogens is 1. The highest BCUT2D eigenvalue weighted by molar-refractivity contribution is 9.10. The third-order valence-corrected chi connectivity index (χ3v) is 4.98. The van der Waals surface area contributed by atoms with Crippen LogP contribution in [0.2, 0.25) is 0 Å². The highest BCUT2D eigenvalue weighted by Gasteiger charge is 2.30. The van der Waals surface area contributed by atoms with E-state index in [2.05, 4.69) is 37.9 Å². The van der Waals surface area contributed by atoms with E-state index in [1.54, 1.807) is 0 Å². The van der Waals surface area contributed by atoms with Crippen molar-refractivity contribution in [2.45, 2.75) is 18.9 Å². The van der Waals surface area contributed by atoms with E-state index in [1.807, 2.05) is 36.7 Å². The molecule has 2 aromatic rings. The molecular formula is C18H19BrN2O2. The number of rotatable bonds is 4. The van der Waals surface area contributed by atoms with Gasteiger partial charge in [0, 0.05) is 16.9 Å². The molecule has 1 fully saturated rings. The van der Waals surface area contributed by atoms with Crippen LogP contribution in [0, 0.1) is 5.92 Å². The van der Waals surface area contributed by atoms with Gasteiger partial charge in [0.05, 0.1) is 12.0 Å². The van der Waals surface area contributed by atoms with Crippen molar-refractivity contribution in [3.8, 4) is 0 Å². The molecule has 5 heteroatoms. The molecule has 23 heavy (non-hydrogen) atoms. The Labute approximate surface area is 144 Å². The summed E-state index contributed by atoms with van der Waals surface area (Å²) in [5.41, 5.74) is 2.41. The van der Waals surface area contributed by atoms with Gasteiger partial charge in [-0.2, -0.15) is 0 Å². The summed E-state index contributed by atoms with van der Waals surface area (Å²) >= 11 is 3.48. The fourth-order valence-corrected chi connectivity index (χ4v) is 3.47. The van der Waals surface area contributed by atoms with E-state index in [1.165, 1.54) is 11.1 Å². The molecule has 0 bridgehead atoms. The van der Waals surface area contributed by atoms with Crippen molar-refractivity contribution in [3.63, 3.8) is 0 Å². The Bertz CT molecular complexity index is 652. The van der Waals surface area contributed by atoms with Gasteiger partial charge in [0.25, 0.3) is 0 Å². The van der Waals surface area contributed by atoms with Crippen molar-refractivity contribution in [2.24, 2.45) is 5.92 Å². The Morgan fingerprint density at radius 2 is 1.65 bits per heavy atom. The third kappa shape index (κ3) is 3.79. The SMILES string of the molecule is O=C(O)C1CCN(C(c2ccncc2)c2ccc(Br)cc2)CC1. The van der Waals surface area contributed by atoms with Gasteiger partial charge in [-0.1, -0.05) is 28.1 Å². The molecule has 1 saturated heterocycles. The number of hydrogen-bond donors (Lipinski definition) is 1. The van der Waals surface area contributed by atoms with Crippen molar-refractivity contribution in [1.82, 2.24) is 9.88 Å². The third-order valence-electron chi connectivity index (χ3n) is 4.45. The smallest absolute Gasteiger partial charge is 0.306 e. The predicted molar refractivity (Wildman–Crippen MR) is 92.2 cm³/mol. The van der Waals surface area contributed by atoms with Gasteiger partial charge in [0.15, 0.2) is 0 Å². The molecule has 2 heterocycles. The molecule has 0 amide bonds. The second kappa shape index (κ2) is 7.23. The summed E-state index contributed by atoms with van der Waals surface area (Å²) < 4.78 is 1.05. The molecule has 4 nitrogen and oxygen atoms in total. The van der Waals surface area contributed by atoms with E-state index < -0.39 is 5.97 Å². The fraction of sp³-hybridized carbons (Fsp3) is 0.333. The van der Waals surface area contributed by atoms with Crippen LogP contribution in [0.4, 0.5) is 0 Å². The van der Waals surface area contributed by atoms with Crippen molar-refractivity contribution < 1.29 is 9.90 Å². The first kappa shape index (κ1) is 16.1. The maximum atomic E-state index is 11.2. The van der Waals surface area contributed by atoms with Crippen LogP contribution in [0.5, 0.6) is 0 Å². The minimum atomic E-state index is -0.672. The number of aliphatic carboxylic acids is 1. The molecule has 1 N–H and O–H groups in total. The highest BCUT2D eigenvalue weighted by Crippen LogP contribution is 2.32. The Hall–Kier alpha value is -1.72. The van der Waals surface area contributed by atoms with E-state index in [0.29, 0.717) is 12.8 Å². The van der Waals surface area contributed by atoms with Crippen molar-refractivity contribution in [1.29, 1.82) is 0 Å². The molecular weight excluding hydrogens is 356 g/mol. The van der Waals surface area contributed by atoms with E-state index in [0.717, 1.165) is 17.6 Å². The minimum absolute atomic E-state index is 0.140. The van der Waals surface area contributed by atoms with Gasteiger partial charge in [0.2, 0.25) is 0 Å². The average Bonchev–Trinajstić information content (AvgIpc) is 2.58. The molecule has 3 rings (SSSR count). The van der Waals surface area contributed by atoms with Crippen molar-refractivity contribution >= 4 is 21.9 Å². The second-order valence-corrected chi connectivity index (χ2v) is 6.80. The number of carboxylic acid groups (broad SMARTS) is 1. The van der Waals surface area contributed by atoms with Gasteiger partial charge in [-0.15, -0.1) is 0 Å². The van der Waals surface area contributed by atoms with Crippen LogP contribution in [0.1, 0.15) is 30.0 Å². The fourth-order valence-electron chi connectivity index (χ4n) is 3.21. The summed E-state index contributed by atoms with van der Waals surface area (Å²) in [6.45, 7) is 1.58. The Kier molecular flexibility index (Phi) is 5.08. The Balaban J connectivity index is 1.87. The number of piperidine rings is 1. The molecule has 0 aliphatic carbocycles. The van der Waals surface area contributed by atoms with Crippen LogP contribution < -0.4 is 0 Å². The molecule has 120 valence electrons. The van der Waals surface area contributed by atoms with Crippen LogP contribution in [-0.4, -0.2) is 34.0 Å². The Morgan fingerprint density at radius 1 is 1.09 bits per heavy atom. The highest BCUT2D eigenvalue weighted by atomic mass is 79.9. The number of pyridine rings is 1. The zero-order valence-corrected chi connectivity index (χ0v) is 14.3. The van der Waals surface area contributed by atoms with Crippen LogP contribution in [0.25, 0.3) is 0 Å². The summed E-state index contributed by atoms with van der Waals surface area (Å²) in [5, 5.41) is 9.20. The number of aromatic nitrogens is 1. The monoisotopic (exact) mass is 374 g/mol. The van der Waals surface area contributed by atoms with Crippen LogP contribution in [-0.2, 0) is 4.79 Å². The summed E-state index contributed by atoms with van der Waals surface area (Å²) in [7, 11) is 0. The standard InChI is InChI=1S/C18H19BrN2O2/c19-16-3-1-13(2-4-16)17(14-5-9-20-10-6-14)21-11-7-15(8-12-21)18(22)23/h1-6,9-10,15,17H,7-8,11-12H2,(H,22,23). The zero-order chi connectivity index (χ0) is 16.2. The predicted octanol–water partition coefficient (Wildman–Crippen LogP) is 3.73. The first-order valence-corrected chi connectivity index (χ1v) is 8.56. The molecule has 1 atom stereocenters. The zero-order valence-electron chi connectivity index (χ0n) is 12.7. The lowest BCUT2D eigenvalue weighted by Gasteiger charge is -2.37. The lowest BCUT2D eigenvalue weighted by Crippen LogP contribution is -2.39. The average molecular weight is 375 g/mol. The summed E-state index contributed by atoms with van der Waals surface area (Å²) in [5.74, 6) is -0.886. The quantitative estimate of drug-likeness (QED) is 0.885. The summed E-state index contributed by atoms with van der Waals surface area (Å²) in [6.07, 6.45) is 5.03. The van der Waals surface area contributed by atoms with E-state index in [4.69, 9.17) is 0 Å². The number of likely N-dealkylation sites (tertiary alicyclic amines) is 1. The van der Waals surface area contributed by atoms with Crippen LogP contribution >= 0.6 is 15.9 Å². The topological polar surface area (TPSA) is 53.4 Å². The molecule has 1 aromatic heterocycles. The maximum Gasteiger partial charge on any atom is 0.306 e.